The van der Waals surface area contributed by atoms with E-state index in [2.05, 4.69) is 38.1 Å². The standard InChI is InChI=1S/C32H52O2/c1-4-6-8-9-10-12-26-13-15-27(16-14-26)28-17-19-29(20-18-28)30-21-24-32(25-22-30,31(33)34-3)23-11-7-5-2/h13-16,28-30H,4-12,17-25H2,1-3H3. The van der Waals surface area contributed by atoms with E-state index in [0.717, 1.165) is 37.0 Å². The molecule has 1 aromatic carbocycles. The predicted molar refractivity (Wildman–Crippen MR) is 144 cm³/mol. The second kappa shape index (κ2) is 14.3. The Bertz CT molecular complexity index is 690. The zero-order chi connectivity index (χ0) is 24.2. The number of unbranched alkanes of at least 4 members (excludes halogenated alkanes) is 6. The van der Waals surface area contributed by atoms with Crippen molar-refractivity contribution in [2.75, 3.05) is 7.11 Å². The van der Waals surface area contributed by atoms with Crippen molar-refractivity contribution in [1.29, 1.82) is 0 Å². The molecule has 2 aliphatic rings. The lowest BCUT2D eigenvalue weighted by molar-refractivity contribution is -0.156. The third-order valence-corrected chi connectivity index (χ3v) is 9.32. The summed E-state index contributed by atoms with van der Waals surface area (Å²) in [6.45, 7) is 4.52. The van der Waals surface area contributed by atoms with Gasteiger partial charge in [0.1, 0.15) is 0 Å². The number of aryl methyl sites for hydroxylation is 1. The molecule has 0 unspecified atom stereocenters. The van der Waals surface area contributed by atoms with Crippen molar-refractivity contribution in [2.24, 2.45) is 17.3 Å². The molecule has 2 heteroatoms. The molecule has 1 aromatic rings. The van der Waals surface area contributed by atoms with Gasteiger partial charge in [0.15, 0.2) is 0 Å². The Morgan fingerprint density at radius 3 is 2.00 bits per heavy atom. The fourth-order valence-corrected chi connectivity index (χ4v) is 6.96. The maximum absolute atomic E-state index is 12.7. The second-order valence-electron chi connectivity index (χ2n) is 11.6. The number of methoxy groups -OCH3 is 1. The van der Waals surface area contributed by atoms with E-state index in [0.29, 0.717) is 0 Å². The number of hydrogen-bond donors (Lipinski definition) is 0. The molecular formula is C32H52O2. The molecule has 0 bridgehead atoms. The van der Waals surface area contributed by atoms with E-state index in [4.69, 9.17) is 4.74 Å². The van der Waals surface area contributed by atoms with Gasteiger partial charge in [0.25, 0.3) is 0 Å². The maximum Gasteiger partial charge on any atom is 0.311 e. The smallest absolute Gasteiger partial charge is 0.311 e. The van der Waals surface area contributed by atoms with Crippen molar-refractivity contribution in [1.82, 2.24) is 0 Å². The van der Waals surface area contributed by atoms with Gasteiger partial charge in [-0.3, -0.25) is 4.79 Å². The van der Waals surface area contributed by atoms with Crippen LogP contribution in [0.4, 0.5) is 0 Å². The summed E-state index contributed by atoms with van der Waals surface area (Å²) in [5, 5.41) is 0. The van der Waals surface area contributed by atoms with Gasteiger partial charge in [-0.05, 0) is 99.5 Å². The first-order valence-electron chi connectivity index (χ1n) is 14.8. The third kappa shape index (κ3) is 7.59. The molecule has 0 atom stereocenters. The first kappa shape index (κ1) is 27.3. The molecule has 192 valence electrons. The van der Waals surface area contributed by atoms with E-state index in [1.807, 2.05) is 0 Å². The Morgan fingerprint density at radius 1 is 0.794 bits per heavy atom. The van der Waals surface area contributed by atoms with E-state index in [-0.39, 0.29) is 11.4 Å². The van der Waals surface area contributed by atoms with Crippen LogP contribution in [0.5, 0.6) is 0 Å². The van der Waals surface area contributed by atoms with Crippen LogP contribution in [-0.2, 0) is 16.0 Å². The molecule has 0 aromatic heterocycles. The number of ether oxygens (including phenoxy) is 1. The molecule has 0 N–H and O–H groups in total. The maximum atomic E-state index is 12.7. The van der Waals surface area contributed by atoms with E-state index >= 15 is 0 Å². The highest BCUT2D eigenvalue weighted by molar-refractivity contribution is 5.76. The molecular weight excluding hydrogens is 416 g/mol. The van der Waals surface area contributed by atoms with Crippen LogP contribution in [0.3, 0.4) is 0 Å². The lowest BCUT2D eigenvalue weighted by Gasteiger charge is -2.42. The molecule has 0 heterocycles. The van der Waals surface area contributed by atoms with Crippen LogP contribution in [0.15, 0.2) is 24.3 Å². The summed E-state index contributed by atoms with van der Waals surface area (Å²) in [5.41, 5.74) is 2.90. The van der Waals surface area contributed by atoms with Crippen molar-refractivity contribution >= 4 is 5.97 Å². The summed E-state index contributed by atoms with van der Waals surface area (Å²) < 4.78 is 5.27. The fourth-order valence-electron chi connectivity index (χ4n) is 6.96. The van der Waals surface area contributed by atoms with Gasteiger partial charge < -0.3 is 4.74 Å². The van der Waals surface area contributed by atoms with Crippen LogP contribution in [0.2, 0.25) is 0 Å². The Hall–Kier alpha value is -1.31. The molecule has 2 nitrogen and oxygen atoms in total. The van der Waals surface area contributed by atoms with E-state index < -0.39 is 0 Å². The molecule has 0 amide bonds. The van der Waals surface area contributed by atoms with Gasteiger partial charge in [0.2, 0.25) is 0 Å². The summed E-state index contributed by atoms with van der Waals surface area (Å²) in [5.74, 6) is 2.50. The number of rotatable bonds is 13. The van der Waals surface area contributed by atoms with Crippen LogP contribution in [0, 0.1) is 17.3 Å². The van der Waals surface area contributed by atoms with Crippen molar-refractivity contribution in [3.05, 3.63) is 35.4 Å². The molecule has 34 heavy (non-hydrogen) atoms. The Morgan fingerprint density at radius 2 is 1.38 bits per heavy atom. The lowest BCUT2D eigenvalue weighted by Crippen LogP contribution is -2.38. The normalized spacial score (nSPS) is 27.4. The first-order valence-corrected chi connectivity index (χ1v) is 14.8. The van der Waals surface area contributed by atoms with Gasteiger partial charge in [-0.2, -0.15) is 0 Å². The van der Waals surface area contributed by atoms with Crippen LogP contribution >= 0.6 is 0 Å². The topological polar surface area (TPSA) is 26.3 Å². The summed E-state index contributed by atoms with van der Waals surface area (Å²) >= 11 is 0. The highest BCUT2D eigenvalue weighted by Crippen LogP contribution is 2.49. The van der Waals surface area contributed by atoms with Gasteiger partial charge in [-0.25, -0.2) is 0 Å². The van der Waals surface area contributed by atoms with Crippen molar-refractivity contribution in [3.63, 3.8) is 0 Å². The summed E-state index contributed by atoms with van der Waals surface area (Å²) in [7, 11) is 1.58. The van der Waals surface area contributed by atoms with Crippen LogP contribution in [0.1, 0.15) is 140 Å². The number of carbonyl (C=O) groups excluding carboxylic acids is 1. The zero-order valence-corrected chi connectivity index (χ0v) is 22.6. The molecule has 0 spiro atoms. The zero-order valence-electron chi connectivity index (χ0n) is 22.6. The molecule has 2 aliphatic carbocycles. The molecule has 0 aliphatic heterocycles. The average Bonchev–Trinajstić information content (AvgIpc) is 2.89. The van der Waals surface area contributed by atoms with Gasteiger partial charge in [0, 0.05) is 0 Å². The minimum Gasteiger partial charge on any atom is -0.469 e. The summed E-state index contributed by atoms with van der Waals surface area (Å²) in [6, 6.07) is 9.64. The van der Waals surface area contributed by atoms with Crippen molar-refractivity contribution in [2.45, 2.75) is 135 Å². The number of benzene rings is 1. The molecule has 3 rings (SSSR count). The molecule has 2 saturated carbocycles. The quantitative estimate of drug-likeness (QED) is 0.213. The van der Waals surface area contributed by atoms with Crippen LogP contribution < -0.4 is 0 Å². The fraction of sp³-hybridized carbons (Fsp3) is 0.781. The molecule has 0 radical (unpaired) electrons. The van der Waals surface area contributed by atoms with E-state index in [1.165, 1.54) is 102 Å². The van der Waals surface area contributed by atoms with Gasteiger partial charge in [0.05, 0.1) is 12.5 Å². The molecule has 0 saturated heterocycles. The number of hydrogen-bond acceptors (Lipinski definition) is 2. The van der Waals surface area contributed by atoms with E-state index in [1.54, 1.807) is 12.7 Å². The predicted octanol–water partition coefficient (Wildman–Crippen LogP) is 9.40. The minimum absolute atomic E-state index is 0.0650. The van der Waals surface area contributed by atoms with Crippen molar-refractivity contribution in [3.8, 4) is 0 Å². The largest absolute Gasteiger partial charge is 0.469 e. The highest BCUT2D eigenvalue weighted by Gasteiger charge is 2.43. The molecule has 2 fully saturated rings. The SMILES string of the molecule is CCCCCCCc1ccc(C2CCC(C3CCC(CCCCC)(C(=O)OC)CC3)CC2)cc1. The first-order chi connectivity index (χ1) is 16.6. The van der Waals surface area contributed by atoms with Gasteiger partial charge in [-0.15, -0.1) is 0 Å². The van der Waals surface area contributed by atoms with E-state index in [9.17, 15) is 4.79 Å². The Balaban J connectivity index is 1.43. The number of esters is 1. The summed E-state index contributed by atoms with van der Waals surface area (Å²) in [6.07, 6.45) is 22.7. The van der Waals surface area contributed by atoms with Crippen molar-refractivity contribution < 1.29 is 9.53 Å². The Kier molecular flexibility index (Phi) is 11.5. The second-order valence-corrected chi connectivity index (χ2v) is 11.6. The summed E-state index contributed by atoms with van der Waals surface area (Å²) in [4.78, 5) is 12.7. The van der Waals surface area contributed by atoms with Crippen LogP contribution in [0.25, 0.3) is 0 Å². The van der Waals surface area contributed by atoms with Gasteiger partial charge in [-0.1, -0.05) is 83.1 Å². The number of carbonyl (C=O) groups is 1. The lowest BCUT2D eigenvalue weighted by atomic mass is 9.62. The van der Waals surface area contributed by atoms with Crippen LogP contribution in [-0.4, -0.2) is 13.1 Å². The van der Waals surface area contributed by atoms with Gasteiger partial charge >= 0.3 is 5.97 Å². The average molecular weight is 469 g/mol. The third-order valence-electron chi connectivity index (χ3n) is 9.32. The minimum atomic E-state index is -0.185. The Labute approximate surface area is 210 Å². The highest BCUT2D eigenvalue weighted by atomic mass is 16.5. The monoisotopic (exact) mass is 468 g/mol.